The Morgan fingerprint density at radius 1 is 1.06 bits per heavy atom. The molecule has 53 heavy (non-hydrogen) atoms. The number of carbonyl (C=O) groups excluding carboxylic acids is 1. The lowest BCUT2D eigenvalue weighted by atomic mass is 9.94. The second kappa shape index (κ2) is 14.5. The molecule has 1 amide bonds. The van der Waals surface area contributed by atoms with E-state index in [-0.39, 0.29) is 17.8 Å². The molecular weight excluding hydrogens is 722 g/mol. The first-order valence-corrected chi connectivity index (χ1v) is 22.6. The van der Waals surface area contributed by atoms with Gasteiger partial charge in [0, 0.05) is 68.1 Å². The largest absolute Gasteiger partial charge is 0.541 e. The van der Waals surface area contributed by atoms with Crippen molar-refractivity contribution in [3.8, 4) is 11.4 Å². The Labute approximate surface area is 311 Å². The van der Waals surface area contributed by atoms with Crippen LogP contribution in [0.4, 0.5) is 18.9 Å². The number of anilines is 1. The number of pyridine rings is 1. The monoisotopic (exact) mass is 772 g/mol. The molecule has 1 aromatic carbocycles. The van der Waals surface area contributed by atoms with Crippen LogP contribution >= 0.6 is 0 Å². The van der Waals surface area contributed by atoms with E-state index in [9.17, 15) is 26.4 Å². The van der Waals surface area contributed by atoms with Gasteiger partial charge in [-0.3, -0.25) is 14.7 Å². The molecule has 2 N–H and O–H groups in total. The van der Waals surface area contributed by atoms with Crippen LogP contribution in [0.1, 0.15) is 105 Å². The topological polar surface area (TPSA) is 124 Å². The van der Waals surface area contributed by atoms with Crippen LogP contribution < -0.4 is 10.2 Å². The third-order valence-electron chi connectivity index (χ3n) is 11.2. The molecule has 0 radical (unpaired) electrons. The first-order chi connectivity index (χ1) is 24.8. The van der Waals surface area contributed by atoms with Gasteiger partial charge in [0.15, 0.2) is 9.84 Å². The van der Waals surface area contributed by atoms with Crippen LogP contribution in [0.25, 0.3) is 5.69 Å². The fraction of sp³-hybridized carbons (Fsp3) is 0.553. The maximum atomic E-state index is 14.2. The Balaban J connectivity index is 1.45. The molecule has 0 unspecified atom stereocenters. The lowest BCUT2D eigenvalue weighted by Gasteiger charge is -2.42. The maximum absolute atomic E-state index is 14.2. The Bertz CT molecular complexity index is 1990. The van der Waals surface area contributed by atoms with Crippen molar-refractivity contribution < 1.29 is 30.8 Å². The van der Waals surface area contributed by atoms with Gasteiger partial charge in [0.1, 0.15) is 17.1 Å². The van der Waals surface area contributed by atoms with Crippen LogP contribution in [0, 0.1) is 0 Å². The number of halogens is 3. The van der Waals surface area contributed by atoms with Crippen molar-refractivity contribution in [3.63, 3.8) is 0 Å². The first-order valence-electron chi connectivity index (χ1n) is 18.5. The highest BCUT2D eigenvalue weighted by Gasteiger charge is 2.48. The lowest BCUT2D eigenvalue weighted by molar-refractivity contribution is -0.141. The molecule has 4 heterocycles. The van der Waals surface area contributed by atoms with Crippen molar-refractivity contribution in [2.45, 2.75) is 102 Å². The molecule has 0 saturated heterocycles. The summed E-state index contributed by atoms with van der Waals surface area (Å²) >= 11 is 0. The Hall–Kier alpha value is -3.69. The molecule has 2 aliphatic heterocycles. The molecule has 1 fully saturated rings. The second-order valence-corrected chi connectivity index (χ2v) is 23.1. The minimum atomic E-state index is -4.71. The summed E-state index contributed by atoms with van der Waals surface area (Å²) in [6.45, 7) is 15.1. The number of rotatable bonds is 11. The molecule has 2 aromatic heterocycles. The lowest BCUT2D eigenvalue weighted by Crippen LogP contribution is -2.51. The zero-order valence-electron chi connectivity index (χ0n) is 31.6. The number of hydrogen-bond acceptors (Lipinski definition) is 8. The van der Waals surface area contributed by atoms with Gasteiger partial charge in [0.2, 0.25) is 0 Å². The van der Waals surface area contributed by atoms with E-state index in [0.717, 1.165) is 53.7 Å². The average Bonchev–Trinajstić information content (AvgIpc) is 3.87. The number of amides is 1. The van der Waals surface area contributed by atoms with Gasteiger partial charge in [-0.2, -0.15) is 18.3 Å². The molecule has 6 rings (SSSR count). The van der Waals surface area contributed by atoms with Gasteiger partial charge in [-0.05, 0) is 59.1 Å². The predicted molar refractivity (Wildman–Crippen MR) is 202 cm³/mol. The number of nitrogen functional groups attached to an aromatic ring is 1. The number of alkyl halides is 3. The molecule has 0 spiro atoms. The minimum Gasteiger partial charge on any atom is -0.541 e. The zero-order valence-corrected chi connectivity index (χ0v) is 33.4. The van der Waals surface area contributed by atoms with Crippen LogP contribution in [0.15, 0.2) is 41.9 Å². The third kappa shape index (κ3) is 7.79. The SMILES string of the molecule is CC(C)[Si](Oc1cc(C2CC2)ccc1-n1nc2c3c1CCN(C(=O)c1cnc(C(F)(F)F)cc1N)[C@H]3CN(C/C=C/S(C)(=O)=O)CC2)(C(C)C)C(C)C. The number of benzene rings is 1. The van der Waals surface area contributed by atoms with E-state index in [2.05, 4.69) is 69.6 Å². The standard InChI is InChI=1S/C38H51F3N6O4SSi/c1-23(2)53(24(3)4,25(5)6)51-34-19-27(26-9-10-26)11-12-31(34)47-32-14-17-46(37(48)28-21-43-35(20-29(28)42)38(39,40)41)33-22-45(15-8-18-52(7,49)50)16-13-30(44-47)36(32)33/h8,11-12,18-21,23-26,33H,9-10,13-17,22H2,1-7H3,(H2,42,43)/b18-8+/t33-/m0/s1. The van der Waals surface area contributed by atoms with Gasteiger partial charge < -0.3 is 15.1 Å². The summed E-state index contributed by atoms with van der Waals surface area (Å²) in [5, 5.41) is 6.42. The molecular formula is C38H51F3N6O4SSi. The van der Waals surface area contributed by atoms with E-state index >= 15 is 0 Å². The second-order valence-electron chi connectivity index (χ2n) is 15.8. The van der Waals surface area contributed by atoms with E-state index in [1.54, 1.807) is 11.0 Å². The zero-order chi connectivity index (χ0) is 38.6. The molecule has 10 nitrogen and oxygen atoms in total. The Morgan fingerprint density at radius 2 is 1.74 bits per heavy atom. The summed E-state index contributed by atoms with van der Waals surface area (Å²) < 4.78 is 73.4. The number of carbonyl (C=O) groups is 1. The highest BCUT2D eigenvalue weighted by Crippen LogP contribution is 2.48. The minimum absolute atomic E-state index is 0.105. The van der Waals surface area contributed by atoms with Crippen LogP contribution in [0.2, 0.25) is 16.6 Å². The smallest absolute Gasteiger partial charge is 0.433 e. The van der Waals surface area contributed by atoms with Crippen molar-refractivity contribution in [1.82, 2.24) is 24.6 Å². The molecule has 3 aliphatic rings. The summed E-state index contributed by atoms with van der Waals surface area (Å²) in [6.07, 6.45) is 2.21. The van der Waals surface area contributed by atoms with Crippen molar-refractivity contribution in [3.05, 3.63) is 75.7 Å². The van der Waals surface area contributed by atoms with Gasteiger partial charge in [-0.25, -0.2) is 13.1 Å². The van der Waals surface area contributed by atoms with Crippen molar-refractivity contribution in [2.75, 3.05) is 38.2 Å². The summed E-state index contributed by atoms with van der Waals surface area (Å²) in [4.78, 5) is 21.5. The van der Waals surface area contributed by atoms with Crippen molar-refractivity contribution in [2.24, 2.45) is 0 Å². The quantitative estimate of drug-likeness (QED) is 0.200. The van der Waals surface area contributed by atoms with E-state index in [4.69, 9.17) is 15.3 Å². The van der Waals surface area contributed by atoms with Gasteiger partial charge >= 0.3 is 6.18 Å². The van der Waals surface area contributed by atoms with Crippen LogP contribution in [-0.4, -0.2) is 79.6 Å². The van der Waals surface area contributed by atoms with Crippen molar-refractivity contribution >= 4 is 29.7 Å². The highest BCUT2D eigenvalue weighted by atomic mass is 32.2. The van der Waals surface area contributed by atoms with Crippen LogP contribution in [0.5, 0.6) is 5.75 Å². The average molecular weight is 773 g/mol. The Morgan fingerprint density at radius 3 is 2.32 bits per heavy atom. The molecule has 15 heteroatoms. The molecule has 3 aromatic rings. The molecule has 0 bridgehead atoms. The van der Waals surface area contributed by atoms with Gasteiger partial charge in [0.25, 0.3) is 14.2 Å². The van der Waals surface area contributed by atoms with E-state index in [0.29, 0.717) is 61.1 Å². The van der Waals surface area contributed by atoms with E-state index in [1.165, 1.54) is 11.0 Å². The van der Waals surface area contributed by atoms with Crippen LogP contribution in [0.3, 0.4) is 0 Å². The molecule has 1 aliphatic carbocycles. The normalized spacial score (nSPS) is 18.7. The molecule has 1 atom stereocenters. The first kappa shape index (κ1) is 39.0. The molecule has 1 saturated carbocycles. The summed E-state index contributed by atoms with van der Waals surface area (Å²) in [5.74, 6) is 0.828. The van der Waals surface area contributed by atoms with E-state index in [1.807, 2.05) is 4.68 Å². The molecule has 288 valence electrons. The van der Waals surface area contributed by atoms with Crippen molar-refractivity contribution in [1.29, 1.82) is 0 Å². The summed E-state index contributed by atoms with van der Waals surface area (Å²) in [5.41, 5.74) is 10.4. The summed E-state index contributed by atoms with van der Waals surface area (Å²) in [7, 11) is -5.72. The number of nitrogens with two attached hydrogens (primary N) is 1. The Kier molecular flexibility index (Phi) is 10.7. The fourth-order valence-electron chi connectivity index (χ4n) is 8.59. The number of nitrogens with zero attached hydrogens (tertiary/aromatic N) is 5. The number of sulfone groups is 1. The summed E-state index contributed by atoms with van der Waals surface area (Å²) in [6, 6.07) is 6.68. The van der Waals surface area contributed by atoms with Gasteiger partial charge in [0.05, 0.1) is 23.0 Å². The third-order valence-corrected chi connectivity index (χ3v) is 17.8. The maximum Gasteiger partial charge on any atom is 0.433 e. The number of hydrogen-bond donors (Lipinski definition) is 1. The fourth-order valence-corrected chi connectivity index (χ4v) is 14.3. The predicted octanol–water partition coefficient (Wildman–Crippen LogP) is 7.46. The van der Waals surface area contributed by atoms with Gasteiger partial charge in [-0.15, -0.1) is 0 Å². The van der Waals surface area contributed by atoms with Gasteiger partial charge in [-0.1, -0.05) is 53.7 Å². The van der Waals surface area contributed by atoms with Crippen LogP contribution in [-0.2, 0) is 28.9 Å². The highest BCUT2D eigenvalue weighted by molar-refractivity contribution is 7.93. The number of aromatic nitrogens is 3. The van der Waals surface area contributed by atoms with E-state index < -0.39 is 42.0 Å².